The molecule has 0 bridgehead atoms. The normalized spacial score (nSPS) is 19.8. The number of rotatable bonds is 6. The highest BCUT2D eigenvalue weighted by Gasteiger charge is 2.29. The van der Waals surface area contributed by atoms with Gasteiger partial charge in [0.25, 0.3) is 0 Å². The van der Waals surface area contributed by atoms with Crippen LogP contribution >= 0.6 is 0 Å². The van der Waals surface area contributed by atoms with Crippen molar-refractivity contribution in [2.45, 2.75) is 19.5 Å². The lowest BCUT2D eigenvalue weighted by Crippen LogP contribution is -2.56. The number of nitrogens with zero attached hydrogens (tertiary/aromatic N) is 4. The van der Waals surface area contributed by atoms with Gasteiger partial charge in [-0.25, -0.2) is 4.39 Å². The molecule has 7 nitrogen and oxygen atoms in total. The van der Waals surface area contributed by atoms with Crippen LogP contribution in [0.4, 0.5) is 4.39 Å². The molecule has 0 N–H and O–H groups in total. The maximum atomic E-state index is 13.4. The van der Waals surface area contributed by atoms with E-state index in [4.69, 9.17) is 4.74 Å². The van der Waals surface area contributed by atoms with Crippen molar-refractivity contribution >= 4 is 11.8 Å². The highest BCUT2D eigenvalue weighted by molar-refractivity contribution is 5.81. The summed E-state index contributed by atoms with van der Waals surface area (Å²) in [7, 11) is 1.74. The van der Waals surface area contributed by atoms with Crippen molar-refractivity contribution in [3.63, 3.8) is 0 Å². The summed E-state index contributed by atoms with van der Waals surface area (Å²) < 4.78 is 18.7. The summed E-state index contributed by atoms with van der Waals surface area (Å²) in [6.45, 7) is 8.30. The van der Waals surface area contributed by atoms with Gasteiger partial charge in [-0.05, 0) is 24.6 Å². The minimum absolute atomic E-state index is 0.00218. The number of carbonyl (C=O) groups is 2. The van der Waals surface area contributed by atoms with Crippen LogP contribution in [0.3, 0.4) is 0 Å². The Morgan fingerprint density at radius 1 is 1.14 bits per heavy atom. The van der Waals surface area contributed by atoms with Crippen molar-refractivity contribution in [3.8, 4) is 0 Å². The minimum Gasteiger partial charge on any atom is -0.379 e. The second kappa shape index (κ2) is 10.1. The Morgan fingerprint density at radius 2 is 1.83 bits per heavy atom. The molecule has 8 heteroatoms. The summed E-state index contributed by atoms with van der Waals surface area (Å²) in [5.74, 6) is -0.148. The summed E-state index contributed by atoms with van der Waals surface area (Å²) in [4.78, 5) is 33.1. The van der Waals surface area contributed by atoms with Crippen molar-refractivity contribution in [1.29, 1.82) is 0 Å². The zero-order valence-electron chi connectivity index (χ0n) is 17.3. The number of amides is 2. The van der Waals surface area contributed by atoms with E-state index in [1.165, 1.54) is 12.1 Å². The monoisotopic (exact) mass is 406 g/mol. The summed E-state index contributed by atoms with van der Waals surface area (Å²) in [5, 5.41) is 0. The Kier molecular flexibility index (Phi) is 7.57. The molecule has 29 heavy (non-hydrogen) atoms. The number of ether oxygens (including phenoxy) is 1. The van der Waals surface area contributed by atoms with Crippen LogP contribution in [0.5, 0.6) is 0 Å². The topological polar surface area (TPSA) is 56.3 Å². The molecule has 0 saturated carbocycles. The molecule has 0 aromatic heterocycles. The van der Waals surface area contributed by atoms with Gasteiger partial charge < -0.3 is 14.5 Å². The third-order valence-corrected chi connectivity index (χ3v) is 5.72. The number of hydrogen-bond acceptors (Lipinski definition) is 5. The lowest BCUT2D eigenvalue weighted by atomic mass is 10.1. The number of carbonyl (C=O) groups excluding carboxylic acids is 2. The molecule has 1 unspecified atom stereocenters. The van der Waals surface area contributed by atoms with Gasteiger partial charge in [0.2, 0.25) is 11.8 Å². The first-order chi connectivity index (χ1) is 13.9. The molecular formula is C21H31FN4O3. The van der Waals surface area contributed by atoms with Crippen molar-refractivity contribution in [3.05, 3.63) is 35.6 Å². The van der Waals surface area contributed by atoms with Gasteiger partial charge in [-0.3, -0.25) is 19.4 Å². The first kappa shape index (κ1) is 21.7. The van der Waals surface area contributed by atoms with E-state index in [1.807, 2.05) is 17.9 Å². The van der Waals surface area contributed by atoms with Gasteiger partial charge in [0.1, 0.15) is 5.82 Å². The standard InChI is InChI=1S/C21H31FN4O3/c1-17(21(28)23(2)15-18-4-3-5-19(22)14-18)25-6-8-26(9-7-25)20(27)16-24-10-12-29-13-11-24/h3-5,14,17H,6-13,15-16H2,1-2H3. The van der Waals surface area contributed by atoms with Gasteiger partial charge in [0.05, 0.1) is 25.8 Å². The molecule has 2 saturated heterocycles. The van der Waals surface area contributed by atoms with Gasteiger partial charge in [0.15, 0.2) is 0 Å². The van der Waals surface area contributed by atoms with Crippen LogP contribution < -0.4 is 0 Å². The lowest BCUT2D eigenvalue weighted by Gasteiger charge is -2.39. The predicted octanol–water partition coefficient (Wildman–Crippen LogP) is 0.649. The average Bonchev–Trinajstić information content (AvgIpc) is 2.73. The van der Waals surface area contributed by atoms with Gasteiger partial charge in [-0.1, -0.05) is 12.1 Å². The van der Waals surface area contributed by atoms with Crippen LogP contribution in [0.1, 0.15) is 12.5 Å². The smallest absolute Gasteiger partial charge is 0.239 e. The first-order valence-corrected chi connectivity index (χ1v) is 10.3. The Labute approximate surface area is 172 Å². The largest absolute Gasteiger partial charge is 0.379 e. The lowest BCUT2D eigenvalue weighted by molar-refractivity contribution is -0.139. The van der Waals surface area contributed by atoms with Gasteiger partial charge in [0, 0.05) is 52.9 Å². The summed E-state index contributed by atoms with van der Waals surface area (Å²) in [6, 6.07) is 6.04. The highest BCUT2D eigenvalue weighted by Crippen LogP contribution is 2.12. The maximum absolute atomic E-state index is 13.4. The first-order valence-electron chi connectivity index (χ1n) is 10.3. The van der Waals surface area contributed by atoms with E-state index in [2.05, 4.69) is 9.80 Å². The molecule has 2 amide bonds. The van der Waals surface area contributed by atoms with Crippen molar-refractivity contribution in [1.82, 2.24) is 19.6 Å². The van der Waals surface area contributed by atoms with Gasteiger partial charge in [-0.2, -0.15) is 0 Å². The predicted molar refractivity (Wildman–Crippen MR) is 108 cm³/mol. The van der Waals surface area contributed by atoms with E-state index in [9.17, 15) is 14.0 Å². The van der Waals surface area contributed by atoms with Crippen molar-refractivity contribution in [2.75, 3.05) is 66.1 Å². The van der Waals surface area contributed by atoms with Crippen LogP contribution in [-0.4, -0.2) is 104 Å². The second-order valence-corrected chi connectivity index (χ2v) is 7.81. The van der Waals surface area contributed by atoms with Crippen molar-refractivity contribution < 1.29 is 18.7 Å². The maximum Gasteiger partial charge on any atom is 0.239 e. The second-order valence-electron chi connectivity index (χ2n) is 7.81. The third kappa shape index (κ3) is 5.98. The number of hydrogen-bond donors (Lipinski definition) is 0. The zero-order chi connectivity index (χ0) is 20.8. The van der Waals surface area contributed by atoms with E-state index < -0.39 is 0 Å². The highest BCUT2D eigenvalue weighted by atomic mass is 19.1. The minimum atomic E-state index is -0.297. The van der Waals surface area contributed by atoms with Gasteiger partial charge in [-0.15, -0.1) is 0 Å². The summed E-state index contributed by atoms with van der Waals surface area (Å²) >= 11 is 0. The molecule has 0 spiro atoms. The molecule has 1 aromatic carbocycles. The van der Waals surface area contributed by atoms with E-state index in [0.29, 0.717) is 52.5 Å². The number of benzene rings is 1. The van der Waals surface area contributed by atoms with Crippen LogP contribution in [-0.2, 0) is 20.9 Å². The molecule has 1 aromatic rings. The summed E-state index contributed by atoms with van der Waals surface area (Å²) in [5.41, 5.74) is 0.770. The van der Waals surface area contributed by atoms with Crippen LogP contribution in [0.25, 0.3) is 0 Å². The quantitative estimate of drug-likeness (QED) is 0.694. The molecule has 1 atom stereocenters. The molecule has 2 aliphatic heterocycles. The fourth-order valence-corrected chi connectivity index (χ4v) is 3.87. The number of morpholine rings is 1. The van der Waals surface area contributed by atoms with Gasteiger partial charge >= 0.3 is 0 Å². The molecule has 160 valence electrons. The molecule has 0 aliphatic carbocycles. The summed E-state index contributed by atoms with van der Waals surface area (Å²) in [6.07, 6.45) is 0. The van der Waals surface area contributed by atoms with E-state index in [-0.39, 0.29) is 23.7 Å². The third-order valence-electron chi connectivity index (χ3n) is 5.72. The molecule has 2 aliphatic rings. The van der Waals surface area contributed by atoms with E-state index >= 15 is 0 Å². The number of likely N-dealkylation sites (N-methyl/N-ethyl adjacent to an activating group) is 1. The number of halogens is 1. The average molecular weight is 407 g/mol. The Bertz CT molecular complexity index is 703. The Hall–Kier alpha value is -2.03. The molecule has 3 rings (SSSR count). The fraction of sp³-hybridized carbons (Fsp3) is 0.619. The molecule has 2 fully saturated rings. The van der Waals surface area contributed by atoms with E-state index in [0.717, 1.165) is 18.7 Å². The molecular weight excluding hydrogens is 375 g/mol. The Balaban J connectivity index is 1.45. The van der Waals surface area contributed by atoms with Crippen LogP contribution in [0.2, 0.25) is 0 Å². The SMILES string of the molecule is CC(C(=O)N(C)Cc1cccc(F)c1)N1CCN(C(=O)CN2CCOCC2)CC1. The molecule has 2 heterocycles. The van der Waals surface area contributed by atoms with Crippen LogP contribution in [0.15, 0.2) is 24.3 Å². The number of piperazine rings is 1. The Morgan fingerprint density at radius 3 is 2.48 bits per heavy atom. The van der Waals surface area contributed by atoms with E-state index in [1.54, 1.807) is 18.0 Å². The fourth-order valence-electron chi connectivity index (χ4n) is 3.87. The van der Waals surface area contributed by atoms with Crippen molar-refractivity contribution in [2.24, 2.45) is 0 Å². The van der Waals surface area contributed by atoms with Crippen LogP contribution in [0, 0.1) is 5.82 Å². The molecule has 0 radical (unpaired) electrons. The zero-order valence-corrected chi connectivity index (χ0v) is 17.3.